The number of anilines is 1. The smallest absolute Gasteiger partial charge is 0.341 e. The van der Waals surface area contributed by atoms with Gasteiger partial charge in [0.2, 0.25) is 0 Å². The first-order valence-electron chi connectivity index (χ1n) is 4.67. The largest absolute Gasteiger partial charge is 0.477 e. The molecule has 82 valence electrons. The molecule has 0 fully saturated rings. The second-order valence-corrected chi connectivity index (χ2v) is 4.50. The van der Waals surface area contributed by atoms with Crippen molar-refractivity contribution in [3.8, 4) is 0 Å². The lowest BCUT2D eigenvalue weighted by molar-refractivity contribution is 0.0697. The third kappa shape index (κ3) is 3.53. The van der Waals surface area contributed by atoms with Gasteiger partial charge in [0.1, 0.15) is 17.7 Å². The van der Waals surface area contributed by atoms with E-state index in [1.165, 1.54) is 12.5 Å². The summed E-state index contributed by atoms with van der Waals surface area (Å²) in [6.07, 6.45) is 2.62. The van der Waals surface area contributed by atoms with E-state index in [0.29, 0.717) is 12.4 Å². The van der Waals surface area contributed by atoms with Crippen LogP contribution >= 0.6 is 0 Å². The molecule has 1 aromatic heterocycles. The first-order chi connectivity index (χ1) is 6.90. The summed E-state index contributed by atoms with van der Waals surface area (Å²) in [4.78, 5) is 18.4. The number of aromatic carboxylic acids is 1. The van der Waals surface area contributed by atoms with Gasteiger partial charge in [-0.25, -0.2) is 14.8 Å². The van der Waals surface area contributed by atoms with Crippen LogP contribution in [-0.2, 0) is 0 Å². The fourth-order valence-corrected chi connectivity index (χ4v) is 0.976. The number of carbonyl (C=O) groups is 1. The van der Waals surface area contributed by atoms with Gasteiger partial charge in [0.25, 0.3) is 0 Å². The van der Waals surface area contributed by atoms with Gasteiger partial charge in [-0.3, -0.25) is 0 Å². The Kier molecular flexibility index (Phi) is 3.24. The Morgan fingerprint density at radius 2 is 2.20 bits per heavy atom. The summed E-state index contributed by atoms with van der Waals surface area (Å²) >= 11 is 0. The van der Waals surface area contributed by atoms with Crippen molar-refractivity contribution in [2.45, 2.75) is 20.8 Å². The lowest BCUT2D eigenvalue weighted by Crippen LogP contribution is -2.21. The van der Waals surface area contributed by atoms with Gasteiger partial charge in [0, 0.05) is 12.7 Å². The highest BCUT2D eigenvalue weighted by molar-refractivity contribution is 5.92. The average molecular weight is 209 g/mol. The zero-order valence-electron chi connectivity index (χ0n) is 9.11. The van der Waals surface area contributed by atoms with Crippen molar-refractivity contribution in [1.29, 1.82) is 0 Å². The third-order valence-corrected chi connectivity index (χ3v) is 1.73. The van der Waals surface area contributed by atoms with Gasteiger partial charge in [-0.05, 0) is 5.41 Å². The normalized spacial score (nSPS) is 11.1. The zero-order chi connectivity index (χ0) is 11.5. The highest BCUT2D eigenvalue weighted by Gasteiger charge is 2.14. The minimum absolute atomic E-state index is 0.0702. The second kappa shape index (κ2) is 4.25. The van der Waals surface area contributed by atoms with Crippen molar-refractivity contribution in [1.82, 2.24) is 9.97 Å². The Labute approximate surface area is 88.6 Å². The predicted octanol–water partition coefficient (Wildman–Crippen LogP) is 1.63. The van der Waals surface area contributed by atoms with Crippen LogP contribution in [0.3, 0.4) is 0 Å². The van der Waals surface area contributed by atoms with Gasteiger partial charge in [0.05, 0.1) is 0 Å². The lowest BCUT2D eigenvalue weighted by Gasteiger charge is -2.19. The molecule has 1 rings (SSSR count). The average Bonchev–Trinajstić information content (AvgIpc) is 2.14. The van der Waals surface area contributed by atoms with E-state index in [1.807, 2.05) is 0 Å². The molecular weight excluding hydrogens is 194 g/mol. The van der Waals surface area contributed by atoms with Gasteiger partial charge < -0.3 is 10.4 Å². The molecule has 2 N–H and O–H groups in total. The fourth-order valence-electron chi connectivity index (χ4n) is 0.976. The number of nitrogens with one attached hydrogen (secondary N) is 1. The Hall–Kier alpha value is -1.65. The van der Waals surface area contributed by atoms with Gasteiger partial charge in [-0.1, -0.05) is 20.8 Å². The summed E-state index contributed by atoms with van der Waals surface area (Å²) in [6.45, 7) is 6.83. The van der Waals surface area contributed by atoms with Crippen molar-refractivity contribution >= 4 is 11.8 Å². The van der Waals surface area contributed by atoms with Crippen LogP contribution in [0.2, 0.25) is 0 Å². The Morgan fingerprint density at radius 1 is 1.53 bits per heavy atom. The van der Waals surface area contributed by atoms with Gasteiger partial charge in [-0.2, -0.15) is 0 Å². The van der Waals surface area contributed by atoms with E-state index in [0.717, 1.165) is 0 Å². The molecule has 0 aliphatic rings. The van der Waals surface area contributed by atoms with Gasteiger partial charge in [0.15, 0.2) is 0 Å². The van der Waals surface area contributed by atoms with E-state index in [2.05, 4.69) is 36.1 Å². The van der Waals surface area contributed by atoms with Crippen LogP contribution in [-0.4, -0.2) is 27.6 Å². The van der Waals surface area contributed by atoms with E-state index in [-0.39, 0.29) is 11.0 Å². The maximum Gasteiger partial charge on any atom is 0.341 e. The molecule has 0 spiro atoms. The van der Waals surface area contributed by atoms with Crippen LogP contribution in [0.1, 0.15) is 31.1 Å². The number of carboxylic acids is 1. The number of hydrogen-bond donors (Lipinski definition) is 2. The molecule has 0 radical (unpaired) electrons. The number of rotatable bonds is 3. The topological polar surface area (TPSA) is 75.1 Å². The quantitative estimate of drug-likeness (QED) is 0.791. The SMILES string of the molecule is CC(C)(C)CNc1ncncc1C(=O)O. The summed E-state index contributed by atoms with van der Waals surface area (Å²) in [5, 5.41) is 11.9. The van der Waals surface area contributed by atoms with E-state index in [4.69, 9.17) is 5.11 Å². The van der Waals surface area contributed by atoms with E-state index in [1.54, 1.807) is 0 Å². The first-order valence-corrected chi connectivity index (χ1v) is 4.67. The van der Waals surface area contributed by atoms with Crippen molar-refractivity contribution in [2.75, 3.05) is 11.9 Å². The van der Waals surface area contributed by atoms with Crippen molar-refractivity contribution in [3.63, 3.8) is 0 Å². The minimum atomic E-state index is -1.02. The fraction of sp³-hybridized carbons (Fsp3) is 0.500. The van der Waals surface area contributed by atoms with E-state index < -0.39 is 5.97 Å². The highest BCUT2D eigenvalue weighted by Crippen LogP contribution is 2.16. The van der Waals surface area contributed by atoms with Gasteiger partial charge >= 0.3 is 5.97 Å². The Balaban J connectivity index is 2.81. The van der Waals surface area contributed by atoms with Crippen molar-refractivity contribution in [3.05, 3.63) is 18.1 Å². The molecule has 1 heterocycles. The molecule has 0 amide bonds. The second-order valence-electron chi connectivity index (χ2n) is 4.50. The summed E-state index contributed by atoms with van der Waals surface area (Å²) in [6, 6.07) is 0. The molecule has 0 unspecified atom stereocenters. The summed E-state index contributed by atoms with van der Waals surface area (Å²) in [7, 11) is 0. The van der Waals surface area contributed by atoms with Crippen molar-refractivity contribution < 1.29 is 9.90 Å². The molecule has 1 aromatic rings. The molecule has 5 heteroatoms. The van der Waals surface area contributed by atoms with E-state index in [9.17, 15) is 4.79 Å². The molecule has 5 nitrogen and oxygen atoms in total. The molecule has 0 atom stereocenters. The highest BCUT2D eigenvalue weighted by atomic mass is 16.4. The molecule has 15 heavy (non-hydrogen) atoms. The molecule has 0 aromatic carbocycles. The number of carboxylic acid groups (broad SMARTS) is 1. The van der Waals surface area contributed by atoms with Crippen LogP contribution in [0.25, 0.3) is 0 Å². The third-order valence-electron chi connectivity index (χ3n) is 1.73. The molecule has 0 saturated carbocycles. The molecule has 0 bridgehead atoms. The van der Waals surface area contributed by atoms with Crippen LogP contribution in [0.5, 0.6) is 0 Å². The zero-order valence-corrected chi connectivity index (χ0v) is 9.11. The van der Waals surface area contributed by atoms with Crippen LogP contribution < -0.4 is 5.32 Å². The Bertz CT molecular complexity index is 358. The number of nitrogens with zero attached hydrogens (tertiary/aromatic N) is 2. The molecule has 0 aliphatic carbocycles. The minimum Gasteiger partial charge on any atom is -0.477 e. The van der Waals surface area contributed by atoms with E-state index >= 15 is 0 Å². The maximum absolute atomic E-state index is 10.8. The van der Waals surface area contributed by atoms with Crippen LogP contribution in [0.4, 0.5) is 5.82 Å². The molecule has 0 aliphatic heterocycles. The molecular formula is C10H15N3O2. The number of aromatic nitrogens is 2. The molecule has 0 saturated heterocycles. The summed E-state index contributed by atoms with van der Waals surface area (Å²) in [5.41, 5.74) is 0.169. The monoisotopic (exact) mass is 209 g/mol. The van der Waals surface area contributed by atoms with Gasteiger partial charge in [-0.15, -0.1) is 0 Å². The lowest BCUT2D eigenvalue weighted by atomic mass is 9.97. The standard InChI is InChI=1S/C10H15N3O2/c1-10(2,3)5-12-8-7(9(14)15)4-11-6-13-8/h4,6H,5H2,1-3H3,(H,14,15)(H,11,12,13). The maximum atomic E-state index is 10.8. The van der Waals surface area contributed by atoms with Crippen LogP contribution in [0.15, 0.2) is 12.5 Å². The van der Waals surface area contributed by atoms with Crippen molar-refractivity contribution in [2.24, 2.45) is 5.41 Å². The first kappa shape index (κ1) is 11.4. The predicted molar refractivity (Wildman–Crippen MR) is 56.9 cm³/mol. The Morgan fingerprint density at radius 3 is 2.73 bits per heavy atom. The van der Waals surface area contributed by atoms with Crippen LogP contribution in [0, 0.1) is 5.41 Å². The summed E-state index contributed by atoms with van der Waals surface area (Å²) < 4.78 is 0. The number of hydrogen-bond acceptors (Lipinski definition) is 4. The summed E-state index contributed by atoms with van der Waals surface area (Å²) in [5.74, 6) is -0.653.